The number of imidazole rings is 1. The first-order valence-electron chi connectivity index (χ1n) is 7.12. The second-order valence-corrected chi connectivity index (χ2v) is 5.91. The lowest BCUT2D eigenvalue weighted by Crippen LogP contribution is -2.00. The number of anilines is 2. The number of aromatic amines is 1. The van der Waals surface area contributed by atoms with Gasteiger partial charge >= 0.3 is 0 Å². The van der Waals surface area contributed by atoms with Gasteiger partial charge in [-0.3, -0.25) is 4.98 Å². The third-order valence-corrected chi connectivity index (χ3v) is 4.01. The van der Waals surface area contributed by atoms with Gasteiger partial charge in [-0.25, -0.2) is 24.9 Å². The first-order valence-corrected chi connectivity index (χ1v) is 7.94. The average molecular weight is 336 g/mol. The molecule has 0 amide bonds. The Balaban J connectivity index is 1.70. The summed E-state index contributed by atoms with van der Waals surface area (Å²) in [5, 5.41) is 4.71. The molecule has 8 nitrogen and oxygen atoms in total. The number of H-pyrrole nitrogens is 1. The number of pyridine rings is 1. The molecule has 0 aliphatic heterocycles. The maximum atomic E-state index is 4.63. The van der Waals surface area contributed by atoms with Crippen LogP contribution in [0.15, 0.2) is 53.4 Å². The number of hydrogen-bond donors (Lipinski definition) is 2. The summed E-state index contributed by atoms with van der Waals surface area (Å²) >= 11 is 1.44. The number of aromatic nitrogens is 7. The summed E-state index contributed by atoms with van der Waals surface area (Å²) in [5.41, 5.74) is 2.26. The standard InChI is InChI=1S/C15H12N8S/c1-9-6-19-11(7-18-9)22-14-13-10(20-8-21-14)2-3-12(23-13)24-15-16-4-5-17-15/h2-8H,1H3,(H,16,17)(H,19,20,21,22). The molecule has 0 bridgehead atoms. The normalized spacial score (nSPS) is 10.9. The van der Waals surface area contributed by atoms with E-state index in [0.29, 0.717) is 17.2 Å². The second-order valence-electron chi connectivity index (χ2n) is 4.90. The van der Waals surface area contributed by atoms with Gasteiger partial charge in [-0.2, -0.15) is 0 Å². The summed E-state index contributed by atoms with van der Waals surface area (Å²) in [7, 11) is 0. The first kappa shape index (κ1) is 14.5. The molecule has 118 valence electrons. The molecule has 4 aromatic rings. The van der Waals surface area contributed by atoms with Crippen molar-refractivity contribution in [3.63, 3.8) is 0 Å². The molecule has 0 unspecified atom stereocenters. The van der Waals surface area contributed by atoms with Crippen LogP contribution in [-0.2, 0) is 0 Å². The van der Waals surface area contributed by atoms with Crippen molar-refractivity contribution >= 4 is 34.4 Å². The average Bonchev–Trinajstić information content (AvgIpc) is 3.10. The number of fused-ring (bicyclic) bond motifs is 1. The number of nitrogens with zero attached hydrogens (tertiary/aromatic N) is 6. The number of hydrogen-bond acceptors (Lipinski definition) is 8. The van der Waals surface area contributed by atoms with Gasteiger partial charge in [0.25, 0.3) is 0 Å². The van der Waals surface area contributed by atoms with Crippen LogP contribution in [0.1, 0.15) is 5.69 Å². The number of nitrogens with one attached hydrogen (secondary N) is 2. The Kier molecular flexibility index (Phi) is 3.75. The van der Waals surface area contributed by atoms with Gasteiger partial charge in [0.05, 0.1) is 23.6 Å². The molecule has 9 heteroatoms. The Morgan fingerprint density at radius 3 is 2.79 bits per heavy atom. The molecule has 0 atom stereocenters. The lowest BCUT2D eigenvalue weighted by atomic mass is 10.3. The molecule has 0 spiro atoms. The van der Waals surface area contributed by atoms with Gasteiger partial charge in [0.15, 0.2) is 11.0 Å². The molecule has 2 N–H and O–H groups in total. The van der Waals surface area contributed by atoms with Crippen molar-refractivity contribution < 1.29 is 0 Å². The van der Waals surface area contributed by atoms with Crippen molar-refractivity contribution in [2.45, 2.75) is 17.1 Å². The highest BCUT2D eigenvalue weighted by Gasteiger charge is 2.09. The highest BCUT2D eigenvalue weighted by atomic mass is 32.2. The largest absolute Gasteiger partial charge is 0.339 e. The van der Waals surface area contributed by atoms with E-state index in [1.165, 1.54) is 18.1 Å². The van der Waals surface area contributed by atoms with Crippen LogP contribution in [0.4, 0.5) is 11.6 Å². The van der Waals surface area contributed by atoms with Gasteiger partial charge in [-0.15, -0.1) is 0 Å². The first-order chi connectivity index (χ1) is 11.8. The zero-order valence-electron chi connectivity index (χ0n) is 12.6. The van der Waals surface area contributed by atoms with Crippen LogP contribution in [0.25, 0.3) is 11.0 Å². The molecular weight excluding hydrogens is 324 g/mol. The second kappa shape index (κ2) is 6.20. The fourth-order valence-corrected chi connectivity index (χ4v) is 2.77. The van der Waals surface area contributed by atoms with Gasteiger partial charge in [0.2, 0.25) is 0 Å². The number of aryl methyl sites for hydroxylation is 1. The van der Waals surface area contributed by atoms with Crippen molar-refractivity contribution in [1.82, 2.24) is 34.9 Å². The molecule has 0 saturated carbocycles. The molecule has 4 rings (SSSR count). The highest BCUT2D eigenvalue weighted by Crippen LogP contribution is 2.27. The zero-order valence-corrected chi connectivity index (χ0v) is 13.4. The van der Waals surface area contributed by atoms with Crippen molar-refractivity contribution in [3.05, 3.63) is 48.9 Å². The van der Waals surface area contributed by atoms with Gasteiger partial charge in [0, 0.05) is 12.4 Å². The third kappa shape index (κ3) is 3.01. The van der Waals surface area contributed by atoms with Gasteiger partial charge in [-0.05, 0) is 30.8 Å². The van der Waals surface area contributed by atoms with Crippen LogP contribution in [-0.4, -0.2) is 34.9 Å². The van der Waals surface area contributed by atoms with Crippen molar-refractivity contribution in [2.75, 3.05) is 5.32 Å². The van der Waals surface area contributed by atoms with E-state index < -0.39 is 0 Å². The zero-order chi connectivity index (χ0) is 16.4. The lowest BCUT2D eigenvalue weighted by Gasteiger charge is -2.07. The van der Waals surface area contributed by atoms with Crippen LogP contribution < -0.4 is 5.32 Å². The van der Waals surface area contributed by atoms with Crippen LogP contribution in [0.5, 0.6) is 0 Å². The summed E-state index contributed by atoms with van der Waals surface area (Å²) in [4.78, 5) is 28.9. The quantitative estimate of drug-likeness (QED) is 0.586. The fourth-order valence-electron chi connectivity index (χ4n) is 2.05. The van der Waals surface area contributed by atoms with E-state index in [0.717, 1.165) is 21.4 Å². The van der Waals surface area contributed by atoms with E-state index in [9.17, 15) is 0 Å². The third-order valence-electron chi connectivity index (χ3n) is 3.16. The molecule has 0 aliphatic rings. The Morgan fingerprint density at radius 1 is 1.04 bits per heavy atom. The van der Waals surface area contributed by atoms with Gasteiger partial charge in [-0.1, -0.05) is 0 Å². The summed E-state index contributed by atoms with van der Waals surface area (Å²) in [6.45, 7) is 1.89. The Labute approximate surface area is 141 Å². The highest BCUT2D eigenvalue weighted by molar-refractivity contribution is 7.99. The molecule has 0 saturated heterocycles. The Bertz CT molecular complexity index is 969. The minimum absolute atomic E-state index is 0.583. The minimum Gasteiger partial charge on any atom is -0.339 e. The summed E-state index contributed by atoms with van der Waals surface area (Å²) in [6, 6.07) is 3.80. The van der Waals surface area contributed by atoms with Gasteiger partial charge in [0.1, 0.15) is 22.7 Å². The number of rotatable bonds is 4. The Morgan fingerprint density at radius 2 is 2.00 bits per heavy atom. The SMILES string of the molecule is Cc1cnc(Nc2ncnc3ccc(Sc4ncc[nH]4)nc23)cn1. The molecule has 24 heavy (non-hydrogen) atoms. The van der Waals surface area contributed by atoms with E-state index in [1.54, 1.807) is 24.8 Å². The van der Waals surface area contributed by atoms with Crippen LogP contribution >= 0.6 is 11.8 Å². The van der Waals surface area contributed by atoms with Crippen molar-refractivity contribution in [1.29, 1.82) is 0 Å². The van der Waals surface area contributed by atoms with E-state index in [4.69, 9.17) is 0 Å². The molecular formula is C15H12N8S. The molecule has 0 fully saturated rings. The fraction of sp³-hybridized carbons (Fsp3) is 0.0667. The van der Waals surface area contributed by atoms with Crippen LogP contribution in [0, 0.1) is 6.92 Å². The smallest absolute Gasteiger partial charge is 0.171 e. The van der Waals surface area contributed by atoms with Gasteiger partial charge < -0.3 is 10.3 Å². The molecule has 0 radical (unpaired) electrons. The summed E-state index contributed by atoms with van der Waals surface area (Å²) < 4.78 is 0. The maximum Gasteiger partial charge on any atom is 0.171 e. The van der Waals surface area contributed by atoms with E-state index in [2.05, 4.69) is 40.2 Å². The van der Waals surface area contributed by atoms with E-state index in [-0.39, 0.29) is 0 Å². The predicted molar refractivity (Wildman–Crippen MR) is 90.1 cm³/mol. The molecule has 4 heterocycles. The van der Waals surface area contributed by atoms with E-state index in [1.807, 2.05) is 19.1 Å². The molecule has 0 aromatic carbocycles. The monoisotopic (exact) mass is 336 g/mol. The molecule has 0 aliphatic carbocycles. The summed E-state index contributed by atoms with van der Waals surface area (Å²) in [5.74, 6) is 1.19. The maximum absolute atomic E-state index is 4.63. The van der Waals surface area contributed by atoms with E-state index >= 15 is 0 Å². The lowest BCUT2D eigenvalue weighted by molar-refractivity contribution is 1.04. The molecule has 4 aromatic heterocycles. The van der Waals surface area contributed by atoms with Crippen molar-refractivity contribution in [3.8, 4) is 0 Å². The minimum atomic E-state index is 0.583. The topological polar surface area (TPSA) is 105 Å². The van der Waals surface area contributed by atoms with Crippen LogP contribution in [0.3, 0.4) is 0 Å². The van der Waals surface area contributed by atoms with Crippen LogP contribution in [0.2, 0.25) is 0 Å². The Hall–Kier alpha value is -3.07. The van der Waals surface area contributed by atoms with Crippen molar-refractivity contribution in [2.24, 2.45) is 0 Å². The summed E-state index contributed by atoms with van der Waals surface area (Å²) in [6.07, 6.45) is 8.32. The predicted octanol–water partition coefficient (Wildman–Crippen LogP) is 2.74.